The molecule has 4 rings (SSSR count). The summed E-state index contributed by atoms with van der Waals surface area (Å²) in [5, 5.41) is 14.7. The van der Waals surface area contributed by atoms with Gasteiger partial charge in [-0.25, -0.2) is 4.98 Å². The molecule has 0 bridgehead atoms. The molecule has 28 heavy (non-hydrogen) atoms. The molecule has 0 spiro atoms. The Bertz CT molecular complexity index is 1020. The molecule has 0 radical (unpaired) electrons. The van der Waals surface area contributed by atoms with Crippen LogP contribution < -0.4 is 5.32 Å². The standard InChI is InChI=1S/C21H25N5O2/c1-15-4-5-17(12-16(15)2)21-19(14-24-10-3-8-22-9-11-24)25-13-18(26(27)28)6-7-20(25)23-21/h4-7,12-13,22H,3,8-11,14H2,1-2H3. The minimum Gasteiger partial charge on any atom is -0.315 e. The summed E-state index contributed by atoms with van der Waals surface area (Å²) in [6, 6.07) is 9.60. The third kappa shape index (κ3) is 3.63. The normalized spacial score (nSPS) is 15.6. The van der Waals surface area contributed by atoms with E-state index in [-0.39, 0.29) is 10.6 Å². The number of imidazole rings is 1. The van der Waals surface area contributed by atoms with Gasteiger partial charge in [-0.15, -0.1) is 0 Å². The van der Waals surface area contributed by atoms with Crippen LogP contribution in [0.1, 0.15) is 23.2 Å². The zero-order valence-electron chi connectivity index (χ0n) is 16.3. The molecule has 1 fully saturated rings. The van der Waals surface area contributed by atoms with Crippen molar-refractivity contribution in [3.63, 3.8) is 0 Å². The van der Waals surface area contributed by atoms with Crippen molar-refractivity contribution >= 4 is 11.3 Å². The quantitative estimate of drug-likeness (QED) is 0.556. The Morgan fingerprint density at radius 1 is 1.14 bits per heavy atom. The molecule has 0 aliphatic carbocycles. The summed E-state index contributed by atoms with van der Waals surface area (Å²) in [5.74, 6) is 0. The average molecular weight is 379 g/mol. The number of benzene rings is 1. The fourth-order valence-electron chi connectivity index (χ4n) is 3.73. The Labute approximate surface area is 164 Å². The number of nitro groups is 1. The van der Waals surface area contributed by atoms with E-state index in [9.17, 15) is 10.1 Å². The van der Waals surface area contributed by atoms with Crippen LogP contribution in [0.3, 0.4) is 0 Å². The van der Waals surface area contributed by atoms with Crippen molar-refractivity contribution in [2.45, 2.75) is 26.8 Å². The fraction of sp³-hybridized carbons (Fsp3) is 0.381. The van der Waals surface area contributed by atoms with Gasteiger partial charge in [0, 0.05) is 31.3 Å². The fourth-order valence-corrected chi connectivity index (χ4v) is 3.73. The number of fused-ring (bicyclic) bond motifs is 1. The second-order valence-corrected chi connectivity index (χ2v) is 7.46. The summed E-state index contributed by atoms with van der Waals surface area (Å²) in [4.78, 5) is 18.2. The molecule has 3 heterocycles. The zero-order valence-corrected chi connectivity index (χ0v) is 16.3. The number of pyridine rings is 1. The Morgan fingerprint density at radius 3 is 2.79 bits per heavy atom. The van der Waals surface area contributed by atoms with E-state index in [1.54, 1.807) is 12.3 Å². The van der Waals surface area contributed by atoms with Gasteiger partial charge in [-0.1, -0.05) is 12.1 Å². The van der Waals surface area contributed by atoms with E-state index in [4.69, 9.17) is 4.98 Å². The van der Waals surface area contributed by atoms with Gasteiger partial charge in [0.15, 0.2) is 0 Å². The van der Waals surface area contributed by atoms with Gasteiger partial charge >= 0.3 is 0 Å². The summed E-state index contributed by atoms with van der Waals surface area (Å²) in [6.45, 7) is 8.84. The van der Waals surface area contributed by atoms with Crippen molar-refractivity contribution in [3.05, 3.63) is 63.5 Å². The van der Waals surface area contributed by atoms with Gasteiger partial charge in [-0.2, -0.15) is 0 Å². The van der Waals surface area contributed by atoms with Gasteiger partial charge in [0.25, 0.3) is 5.69 Å². The summed E-state index contributed by atoms with van der Waals surface area (Å²) in [7, 11) is 0. The van der Waals surface area contributed by atoms with Crippen molar-refractivity contribution in [3.8, 4) is 11.3 Å². The molecule has 0 saturated carbocycles. The smallest absolute Gasteiger partial charge is 0.286 e. The molecule has 7 nitrogen and oxygen atoms in total. The van der Waals surface area contributed by atoms with Gasteiger partial charge in [0.1, 0.15) is 5.65 Å². The van der Waals surface area contributed by atoms with Gasteiger partial charge in [-0.05, 0) is 56.6 Å². The molecule has 0 unspecified atom stereocenters. The predicted molar refractivity (Wildman–Crippen MR) is 110 cm³/mol. The second kappa shape index (κ2) is 7.69. The van der Waals surface area contributed by atoms with E-state index in [1.165, 1.54) is 17.2 Å². The lowest BCUT2D eigenvalue weighted by atomic mass is 10.0. The largest absolute Gasteiger partial charge is 0.315 e. The summed E-state index contributed by atoms with van der Waals surface area (Å²) in [6.07, 6.45) is 2.69. The van der Waals surface area contributed by atoms with Gasteiger partial charge in [0.2, 0.25) is 0 Å². The maximum absolute atomic E-state index is 11.3. The molecule has 1 N–H and O–H groups in total. The number of hydrogen-bond donors (Lipinski definition) is 1. The Morgan fingerprint density at radius 2 is 2.00 bits per heavy atom. The first-order chi connectivity index (χ1) is 13.5. The van der Waals surface area contributed by atoms with Crippen molar-refractivity contribution in [2.24, 2.45) is 0 Å². The molecule has 146 valence electrons. The van der Waals surface area contributed by atoms with Crippen LogP contribution in [0.5, 0.6) is 0 Å². The van der Waals surface area contributed by atoms with Crippen molar-refractivity contribution in [1.29, 1.82) is 0 Å². The van der Waals surface area contributed by atoms with Crippen molar-refractivity contribution in [2.75, 3.05) is 26.2 Å². The molecule has 1 saturated heterocycles. The summed E-state index contributed by atoms with van der Waals surface area (Å²) < 4.78 is 1.89. The number of rotatable bonds is 4. The van der Waals surface area contributed by atoms with Gasteiger partial charge in [0.05, 0.1) is 22.5 Å². The van der Waals surface area contributed by atoms with Crippen molar-refractivity contribution in [1.82, 2.24) is 19.6 Å². The van der Waals surface area contributed by atoms with E-state index in [0.29, 0.717) is 6.54 Å². The molecule has 0 atom stereocenters. The summed E-state index contributed by atoms with van der Waals surface area (Å²) >= 11 is 0. The number of aryl methyl sites for hydroxylation is 2. The Balaban J connectivity index is 1.84. The van der Waals surface area contributed by atoms with Crippen LogP contribution in [0.4, 0.5) is 5.69 Å². The number of aromatic nitrogens is 2. The highest BCUT2D eigenvalue weighted by atomic mass is 16.6. The third-order valence-electron chi connectivity index (χ3n) is 5.50. The van der Waals surface area contributed by atoms with Crippen LogP contribution in [0.25, 0.3) is 16.9 Å². The van der Waals surface area contributed by atoms with E-state index in [2.05, 4.69) is 42.3 Å². The maximum atomic E-state index is 11.3. The van der Waals surface area contributed by atoms with Gasteiger partial charge < -0.3 is 5.32 Å². The molecule has 1 aliphatic heterocycles. The number of hydrogen-bond acceptors (Lipinski definition) is 5. The first-order valence-electron chi connectivity index (χ1n) is 9.69. The zero-order chi connectivity index (χ0) is 19.7. The second-order valence-electron chi connectivity index (χ2n) is 7.46. The molecule has 3 aromatic rings. The van der Waals surface area contributed by atoms with Crippen LogP contribution in [0.15, 0.2) is 36.5 Å². The monoisotopic (exact) mass is 379 g/mol. The SMILES string of the molecule is Cc1ccc(-c2nc3ccc([N+](=O)[O-])cn3c2CN2CCCNCC2)cc1C. The minimum atomic E-state index is -0.352. The molecule has 0 amide bonds. The van der Waals surface area contributed by atoms with Crippen molar-refractivity contribution < 1.29 is 4.92 Å². The Hall–Kier alpha value is -2.77. The van der Waals surface area contributed by atoms with Crippen LogP contribution >= 0.6 is 0 Å². The van der Waals surface area contributed by atoms with Crippen LogP contribution in [0, 0.1) is 24.0 Å². The molecular weight excluding hydrogens is 354 g/mol. The highest BCUT2D eigenvalue weighted by Gasteiger charge is 2.20. The minimum absolute atomic E-state index is 0.0790. The van der Waals surface area contributed by atoms with Crippen LogP contribution in [0.2, 0.25) is 0 Å². The van der Waals surface area contributed by atoms with Gasteiger partial charge in [-0.3, -0.25) is 19.4 Å². The third-order valence-corrected chi connectivity index (χ3v) is 5.50. The lowest BCUT2D eigenvalue weighted by Gasteiger charge is -2.20. The first kappa shape index (κ1) is 18.6. The highest BCUT2D eigenvalue weighted by Crippen LogP contribution is 2.29. The van der Waals surface area contributed by atoms with E-state index in [1.807, 2.05) is 4.40 Å². The molecule has 7 heteroatoms. The van der Waals surface area contributed by atoms with E-state index < -0.39 is 0 Å². The summed E-state index contributed by atoms with van der Waals surface area (Å²) in [5.41, 5.74) is 6.23. The topological polar surface area (TPSA) is 75.7 Å². The molecule has 1 aliphatic rings. The average Bonchev–Trinajstić information content (AvgIpc) is 2.84. The Kier molecular flexibility index (Phi) is 5.11. The first-order valence-corrected chi connectivity index (χ1v) is 9.69. The maximum Gasteiger partial charge on any atom is 0.286 e. The molecule has 2 aromatic heterocycles. The van der Waals surface area contributed by atoms with Crippen LogP contribution in [-0.2, 0) is 6.54 Å². The van der Waals surface area contributed by atoms with E-state index >= 15 is 0 Å². The van der Waals surface area contributed by atoms with Crippen LogP contribution in [-0.4, -0.2) is 45.4 Å². The molecular formula is C21H25N5O2. The lowest BCUT2D eigenvalue weighted by Crippen LogP contribution is -2.28. The highest BCUT2D eigenvalue weighted by molar-refractivity contribution is 5.68. The molecule has 1 aromatic carbocycles. The van der Waals surface area contributed by atoms with E-state index in [0.717, 1.165) is 55.2 Å². The number of nitrogens with one attached hydrogen (secondary N) is 1. The predicted octanol–water partition coefficient (Wildman–Crippen LogP) is 3.32. The lowest BCUT2D eigenvalue weighted by molar-refractivity contribution is -0.385. The number of nitrogens with zero attached hydrogens (tertiary/aromatic N) is 4.